The van der Waals surface area contributed by atoms with Crippen LogP contribution in [0.15, 0.2) is 33.5 Å². The SMILES string of the molecule is CN1CCN(C2=Nc3ccc(C#N)cc3C3CN=NN23)CC1. The number of hydrogen-bond donors (Lipinski definition) is 0. The Morgan fingerprint density at radius 1 is 1.23 bits per heavy atom. The fourth-order valence-corrected chi connectivity index (χ4v) is 3.10. The van der Waals surface area contributed by atoms with Crippen molar-refractivity contribution in [1.29, 1.82) is 5.26 Å². The van der Waals surface area contributed by atoms with E-state index in [1.807, 2.05) is 23.2 Å². The second-order valence-corrected chi connectivity index (χ2v) is 5.86. The summed E-state index contributed by atoms with van der Waals surface area (Å²) in [5, 5.41) is 19.5. The number of likely N-dealkylation sites (N-methyl/N-ethyl adjacent to an activating group) is 1. The second kappa shape index (κ2) is 5.07. The van der Waals surface area contributed by atoms with Crippen molar-refractivity contribution in [2.24, 2.45) is 15.3 Å². The molecule has 0 spiro atoms. The van der Waals surface area contributed by atoms with Crippen molar-refractivity contribution in [3.63, 3.8) is 0 Å². The zero-order valence-corrected chi connectivity index (χ0v) is 12.5. The maximum absolute atomic E-state index is 9.10. The largest absolute Gasteiger partial charge is 0.338 e. The Hall–Kier alpha value is -2.46. The number of guanidine groups is 1. The zero-order chi connectivity index (χ0) is 15.1. The van der Waals surface area contributed by atoms with E-state index in [1.54, 1.807) is 0 Å². The number of nitriles is 1. The van der Waals surface area contributed by atoms with Crippen LogP contribution >= 0.6 is 0 Å². The molecular formula is C15H17N7. The summed E-state index contributed by atoms with van der Waals surface area (Å²) in [5.41, 5.74) is 2.63. The number of aliphatic imine (C=N–C) groups is 1. The van der Waals surface area contributed by atoms with Crippen LogP contribution in [0.4, 0.5) is 5.69 Å². The number of piperazine rings is 1. The van der Waals surface area contributed by atoms with Crippen LogP contribution < -0.4 is 0 Å². The summed E-state index contributed by atoms with van der Waals surface area (Å²) in [5.74, 6) is 0.886. The van der Waals surface area contributed by atoms with Crippen LogP contribution in [0.5, 0.6) is 0 Å². The van der Waals surface area contributed by atoms with Gasteiger partial charge in [0.05, 0.1) is 23.9 Å². The summed E-state index contributed by atoms with van der Waals surface area (Å²) in [6.07, 6.45) is 0. The second-order valence-electron chi connectivity index (χ2n) is 5.86. The third kappa shape index (κ3) is 2.04. The molecule has 0 aliphatic carbocycles. The number of nitrogens with zero attached hydrogens (tertiary/aromatic N) is 7. The first-order valence-electron chi connectivity index (χ1n) is 7.49. The van der Waals surface area contributed by atoms with Crippen LogP contribution in [0.1, 0.15) is 17.2 Å². The normalized spacial score (nSPS) is 23.8. The average Bonchev–Trinajstić information content (AvgIpc) is 3.04. The van der Waals surface area contributed by atoms with Crippen LogP contribution in [-0.2, 0) is 0 Å². The van der Waals surface area contributed by atoms with Crippen molar-refractivity contribution in [3.05, 3.63) is 29.3 Å². The lowest BCUT2D eigenvalue weighted by Crippen LogP contribution is -2.52. The monoisotopic (exact) mass is 295 g/mol. The molecule has 3 aliphatic rings. The van der Waals surface area contributed by atoms with Gasteiger partial charge in [-0.3, -0.25) is 0 Å². The van der Waals surface area contributed by atoms with E-state index in [0.717, 1.165) is 43.4 Å². The molecule has 0 radical (unpaired) electrons. The first-order chi connectivity index (χ1) is 10.8. The average molecular weight is 295 g/mol. The predicted molar refractivity (Wildman–Crippen MR) is 81.6 cm³/mol. The lowest BCUT2D eigenvalue weighted by atomic mass is 10.0. The van der Waals surface area contributed by atoms with Crippen LogP contribution in [-0.4, -0.2) is 60.5 Å². The third-order valence-electron chi connectivity index (χ3n) is 4.44. The lowest BCUT2D eigenvalue weighted by Gasteiger charge is -2.39. The molecule has 7 nitrogen and oxygen atoms in total. The minimum Gasteiger partial charge on any atom is -0.338 e. The molecule has 0 saturated carbocycles. The Morgan fingerprint density at radius 3 is 2.82 bits per heavy atom. The fraction of sp³-hybridized carbons (Fsp3) is 0.467. The Bertz CT molecular complexity index is 694. The summed E-state index contributed by atoms with van der Waals surface area (Å²) >= 11 is 0. The van der Waals surface area contributed by atoms with Crippen LogP contribution in [0.2, 0.25) is 0 Å². The molecular weight excluding hydrogens is 278 g/mol. The van der Waals surface area contributed by atoms with E-state index in [4.69, 9.17) is 10.3 Å². The molecule has 0 bridgehead atoms. The fourth-order valence-electron chi connectivity index (χ4n) is 3.10. The number of benzene rings is 1. The van der Waals surface area contributed by atoms with Gasteiger partial charge in [0.25, 0.3) is 0 Å². The van der Waals surface area contributed by atoms with Crippen molar-refractivity contribution in [2.75, 3.05) is 39.8 Å². The molecule has 4 rings (SSSR count). The van der Waals surface area contributed by atoms with Gasteiger partial charge in [-0.1, -0.05) is 5.22 Å². The highest BCUT2D eigenvalue weighted by molar-refractivity contribution is 5.86. The summed E-state index contributed by atoms with van der Waals surface area (Å²) in [6.45, 7) is 4.55. The molecule has 7 heteroatoms. The quantitative estimate of drug-likeness (QED) is 0.728. The van der Waals surface area contributed by atoms with Gasteiger partial charge in [0.15, 0.2) is 0 Å². The smallest absolute Gasteiger partial charge is 0.224 e. The molecule has 0 amide bonds. The minimum absolute atomic E-state index is 0.0652. The van der Waals surface area contributed by atoms with E-state index in [1.165, 1.54) is 0 Å². The van der Waals surface area contributed by atoms with Crippen molar-refractivity contribution < 1.29 is 0 Å². The standard InChI is InChI=1S/C15H17N7/c1-20-4-6-21(7-5-20)15-18-13-3-2-11(9-16)8-12(13)14-10-17-19-22(14)15/h2-3,8,14H,4-7,10H2,1H3. The molecule has 1 saturated heterocycles. The van der Waals surface area contributed by atoms with Crippen molar-refractivity contribution in [1.82, 2.24) is 14.8 Å². The predicted octanol–water partition coefficient (Wildman–Crippen LogP) is 1.53. The van der Waals surface area contributed by atoms with E-state index in [9.17, 15) is 0 Å². The van der Waals surface area contributed by atoms with Crippen molar-refractivity contribution >= 4 is 11.6 Å². The summed E-state index contributed by atoms with van der Waals surface area (Å²) < 4.78 is 0. The number of rotatable bonds is 0. The molecule has 112 valence electrons. The highest BCUT2D eigenvalue weighted by Crippen LogP contribution is 2.39. The van der Waals surface area contributed by atoms with E-state index in [-0.39, 0.29) is 6.04 Å². The molecule has 0 N–H and O–H groups in total. The summed E-state index contributed by atoms with van der Waals surface area (Å²) in [7, 11) is 2.14. The summed E-state index contributed by atoms with van der Waals surface area (Å²) in [4.78, 5) is 9.39. The van der Waals surface area contributed by atoms with Gasteiger partial charge >= 0.3 is 0 Å². The van der Waals surface area contributed by atoms with Gasteiger partial charge in [-0.05, 0) is 25.2 Å². The Morgan fingerprint density at radius 2 is 2.05 bits per heavy atom. The first-order valence-corrected chi connectivity index (χ1v) is 7.49. The molecule has 1 fully saturated rings. The highest BCUT2D eigenvalue weighted by Gasteiger charge is 2.37. The van der Waals surface area contributed by atoms with Crippen LogP contribution in [0.3, 0.4) is 0 Å². The van der Waals surface area contributed by atoms with E-state index in [2.05, 4.69) is 33.3 Å². The van der Waals surface area contributed by atoms with Crippen molar-refractivity contribution in [3.8, 4) is 6.07 Å². The molecule has 3 heterocycles. The highest BCUT2D eigenvalue weighted by atomic mass is 15.7. The molecule has 1 aromatic rings. The molecule has 22 heavy (non-hydrogen) atoms. The molecule has 0 aromatic heterocycles. The van der Waals surface area contributed by atoms with Gasteiger partial charge in [0.1, 0.15) is 6.04 Å². The topological polar surface area (TPSA) is 70.6 Å². The maximum atomic E-state index is 9.10. The van der Waals surface area contributed by atoms with Crippen LogP contribution in [0, 0.1) is 11.3 Å². The Kier molecular flexibility index (Phi) is 3.05. The van der Waals surface area contributed by atoms with E-state index < -0.39 is 0 Å². The van der Waals surface area contributed by atoms with E-state index >= 15 is 0 Å². The minimum atomic E-state index is 0.0652. The van der Waals surface area contributed by atoms with Gasteiger partial charge in [-0.25, -0.2) is 10.0 Å². The Balaban J connectivity index is 1.73. The van der Waals surface area contributed by atoms with Gasteiger partial charge in [-0.2, -0.15) is 10.4 Å². The zero-order valence-electron chi connectivity index (χ0n) is 12.5. The molecule has 1 aromatic carbocycles. The Labute approximate surface area is 129 Å². The van der Waals surface area contributed by atoms with Gasteiger partial charge in [-0.15, -0.1) is 0 Å². The van der Waals surface area contributed by atoms with Gasteiger partial charge in [0, 0.05) is 31.7 Å². The number of hydrogen-bond acceptors (Lipinski definition) is 7. The van der Waals surface area contributed by atoms with E-state index in [0.29, 0.717) is 12.1 Å². The van der Waals surface area contributed by atoms with Crippen LogP contribution in [0.25, 0.3) is 0 Å². The number of fused-ring (bicyclic) bond motifs is 3. The molecule has 1 unspecified atom stereocenters. The summed E-state index contributed by atoms with van der Waals surface area (Å²) in [6, 6.07) is 7.92. The van der Waals surface area contributed by atoms with Crippen molar-refractivity contribution in [2.45, 2.75) is 6.04 Å². The van der Waals surface area contributed by atoms with Gasteiger partial charge < -0.3 is 9.80 Å². The molecule has 1 atom stereocenters. The lowest BCUT2D eigenvalue weighted by molar-refractivity contribution is 0.190. The maximum Gasteiger partial charge on any atom is 0.224 e. The van der Waals surface area contributed by atoms with Gasteiger partial charge in [0.2, 0.25) is 5.96 Å². The third-order valence-corrected chi connectivity index (χ3v) is 4.44. The molecule has 3 aliphatic heterocycles. The first kappa shape index (κ1) is 13.2.